The molecule has 1 aromatic rings. The van der Waals surface area contributed by atoms with Crippen molar-refractivity contribution in [2.45, 2.75) is 19.4 Å². The number of hydrogen-bond acceptors (Lipinski definition) is 5. The van der Waals surface area contributed by atoms with Gasteiger partial charge in [0.05, 0.1) is 11.8 Å². The average Bonchev–Trinajstić information content (AvgIpc) is 2.25. The summed E-state index contributed by atoms with van der Waals surface area (Å²) in [6.07, 6.45) is 1.12. The van der Waals surface area contributed by atoms with Crippen LogP contribution in [0.5, 0.6) is 0 Å². The number of nitrogen functional groups attached to an aromatic ring is 1. The van der Waals surface area contributed by atoms with Gasteiger partial charge in [-0.05, 0) is 32.0 Å². The topological polar surface area (TPSA) is 108 Å². The molecule has 4 N–H and O–H groups in total. The lowest BCUT2D eigenvalue weighted by Gasteiger charge is -2.26. The second-order valence-electron chi connectivity index (χ2n) is 5.03. The van der Waals surface area contributed by atoms with Gasteiger partial charge in [-0.2, -0.15) is 5.26 Å². The van der Waals surface area contributed by atoms with E-state index in [1.165, 1.54) is 0 Å². The average molecular weight is 282 g/mol. The number of nitrogens with zero attached hydrogens (tertiary/aromatic N) is 1. The van der Waals surface area contributed by atoms with Crippen LogP contribution >= 0.6 is 0 Å². The monoisotopic (exact) mass is 282 g/mol. The van der Waals surface area contributed by atoms with Gasteiger partial charge < -0.3 is 11.1 Å². The third kappa shape index (κ3) is 5.16. The zero-order valence-corrected chi connectivity index (χ0v) is 12.0. The second-order valence-corrected chi connectivity index (χ2v) is 6.77. The molecule has 6 nitrogen and oxygen atoms in total. The van der Waals surface area contributed by atoms with Gasteiger partial charge in [-0.15, -0.1) is 0 Å². The van der Waals surface area contributed by atoms with Crippen LogP contribution in [0.3, 0.4) is 0 Å². The normalized spacial score (nSPS) is 11.9. The van der Waals surface area contributed by atoms with Crippen molar-refractivity contribution < 1.29 is 8.42 Å². The van der Waals surface area contributed by atoms with E-state index in [9.17, 15) is 8.42 Å². The number of benzene rings is 1. The Bertz CT molecular complexity index is 603. The first-order chi connectivity index (χ1) is 8.63. The van der Waals surface area contributed by atoms with E-state index in [1.54, 1.807) is 32.0 Å². The summed E-state index contributed by atoms with van der Waals surface area (Å²) in [4.78, 5) is 0. The minimum absolute atomic E-state index is 0.384. The summed E-state index contributed by atoms with van der Waals surface area (Å²) >= 11 is 0. The molecule has 1 rings (SSSR count). The lowest BCUT2D eigenvalue weighted by atomic mass is 10.1. The van der Waals surface area contributed by atoms with Crippen LogP contribution in [0.15, 0.2) is 18.2 Å². The minimum atomic E-state index is -3.27. The Kier molecular flexibility index (Phi) is 4.39. The second kappa shape index (κ2) is 5.47. The predicted octanol–water partition coefficient (Wildman–Crippen LogP) is 0.880. The first kappa shape index (κ1) is 15.3. The first-order valence-corrected chi connectivity index (χ1v) is 7.54. The molecule has 0 heterocycles. The molecule has 0 aliphatic carbocycles. The molecule has 0 radical (unpaired) electrons. The zero-order chi connectivity index (χ0) is 14.7. The van der Waals surface area contributed by atoms with E-state index in [4.69, 9.17) is 11.0 Å². The minimum Gasteiger partial charge on any atom is -0.398 e. The molecule has 0 spiro atoms. The summed E-state index contributed by atoms with van der Waals surface area (Å²) in [5.74, 6) is 0. The Hall–Kier alpha value is -1.78. The number of nitrogens with one attached hydrogen (secondary N) is 2. The van der Waals surface area contributed by atoms with Crippen LogP contribution in [0.2, 0.25) is 0 Å². The van der Waals surface area contributed by atoms with Gasteiger partial charge in [0.1, 0.15) is 6.07 Å². The molecule has 0 aliphatic rings. The van der Waals surface area contributed by atoms with Gasteiger partial charge in [0.2, 0.25) is 10.0 Å². The standard InChI is InChI=1S/C12H18N4O2S/c1-12(2,16-19(3,17)18)8-15-10-4-5-11(14)9(6-10)7-13/h4-6,15-16H,8,14H2,1-3H3. The third-order valence-electron chi connectivity index (χ3n) is 2.37. The molecule has 1 aromatic carbocycles. The highest BCUT2D eigenvalue weighted by atomic mass is 32.2. The van der Waals surface area contributed by atoms with Crippen molar-refractivity contribution in [1.29, 1.82) is 5.26 Å². The lowest BCUT2D eigenvalue weighted by Crippen LogP contribution is -2.47. The maximum Gasteiger partial charge on any atom is 0.209 e. The van der Waals surface area contributed by atoms with Crippen molar-refractivity contribution in [3.05, 3.63) is 23.8 Å². The molecule has 104 valence electrons. The molecule has 0 saturated heterocycles. The van der Waals surface area contributed by atoms with E-state index in [-0.39, 0.29) is 0 Å². The van der Waals surface area contributed by atoms with Crippen molar-refractivity contribution in [2.24, 2.45) is 0 Å². The fraction of sp³-hybridized carbons (Fsp3) is 0.417. The van der Waals surface area contributed by atoms with Crippen LogP contribution in [0.1, 0.15) is 19.4 Å². The molecular weight excluding hydrogens is 264 g/mol. The van der Waals surface area contributed by atoms with Gasteiger partial charge in [0.25, 0.3) is 0 Å². The summed E-state index contributed by atoms with van der Waals surface area (Å²) < 4.78 is 24.9. The van der Waals surface area contributed by atoms with Crippen molar-refractivity contribution in [1.82, 2.24) is 4.72 Å². The SMILES string of the molecule is CC(C)(CNc1ccc(N)c(C#N)c1)NS(C)(=O)=O. The Morgan fingerprint density at radius 1 is 1.42 bits per heavy atom. The number of sulfonamides is 1. The maximum absolute atomic E-state index is 11.2. The van der Waals surface area contributed by atoms with Crippen LogP contribution in [-0.2, 0) is 10.0 Å². The molecule has 19 heavy (non-hydrogen) atoms. The maximum atomic E-state index is 11.2. The van der Waals surface area contributed by atoms with Gasteiger partial charge in [-0.25, -0.2) is 13.1 Å². The molecule has 0 bridgehead atoms. The summed E-state index contributed by atoms with van der Waals surface area (Å²) in [6.45, 7) is 3.92. The van der Waals surface area contributed by atoms with E-state index in [0.29, 0.717) is 23.5 Å². The fourth-order valence-corrected chi connectivity index (χ4v) is 2.70. The Morgan fingerprint density at radius 2 is 2.05 bits per heavy atom. The number of nitrogens with two attached hydrogens (primary N) is 1. The van der Waals surface area contributed by atoms with Crippen LogP contribution in [-0.4, -0.2) is 26.8 Å². The highest BCUT2D eigenvalue weighted by molar-refractivity contribution is 7.88. The molecule has 0 saturated carbocycles. The van der Waals surface area contributed by atoms with E-state index in [0.717, 1.165) is 6.26 Å². The van der Waals surface area contributed by atoms with E-state index < -0.39 is 15.6 Å². The van der Waals surface area contributed by atoms with Crippen molar-refractivity contribution in [3.8, 4) is 6.07 Å². The number of nitriles is 1. The summed E-state index contributed by atoms with van der Waals surface area (Å²) in [5, 5.41) is 12.0. The van der Waals surface area contributed by atoms with Gasteiger partial charge >= 0.3 is 0 Å². The number of hydrogen-bond donors (Lipinski definition) is 3. The molecule has 7 heteroatoms. The summed E-state index contributed by atoms with van der Waals surface area (Å²) in [7, 11) is -3.27. The Morgan fingerprint density at radius 3 is 2.58 bits per heavy atom. The van der Waals surface area contributed by atoms with Gasteiger partial charge in [0.15, 0.2) is 0 Å². The first-order valence-electron chi connectivity index (χ1n) is 5.65. The molecule has 0 unspecified atom stereocenters. The highest BCUT2D eigenvalue weighted by Gasteiger charge is 2.21. The van der Waals surface area contributed by atoms with Gasteiger partial charge in [0, 0.05) is 23.5 Å². The van der Waals surface area contributed by atoms with E-state index in [2.05, 4.69) is 10.0 Å². The summed E-state index contributed by atoms with van der Waals surface area (Å²) in [5.41, 5.74) is 6.51. The van der Waals surface area contributed by atoms with Crippen molar-refractivity contribution >= 4 is 21.4 Å². The van der Waals surface area contributed by atoms with Gasteiger partial charge in [-0.3, -0.25) is 0 Å². The smallest absolute Gasteiger partial charge is 0.209 e. The van der Waals surface area contributed by atoms with Crippen LogP contribution in [0, 0.1) is 11.3 Å². The molecule has 0 fully saturated rings. The number of rotatable bonds is 5. The van der Waals surface area contributed by atoms with Crippen LogP contribution < -0.4 is 15.8 Å². The number of anilines is 2. The molecule has 0 atom stereocenters. The van der Waals surface area contributed by atoms with Gasteiger partial charge in [-0.1, -0.05) is 0 Å². The van der Waals surface area contributed by atoms with E-state index in [1.807, 2.05) is 6.07 Å². The lowest BCUT2D eigenvalue weighted by molar-refractivity contribution is 0.476. The fourth-order valence-electron chi connectivity index (χ4n) is 1.62. The van der Waals surface area contributed by atoms with Crippen LogP contribution in [0.25, 0.3) is 0 Å². The molecule has 0 amide bonds. The quantitative estimate of drug-likeness (QED) is 0.695. The molecule has 0 aromatic heterocycles. The third-order valence-corrected chi connectivity index (χ3v) is 3.29. The Labute approximate surface area is 113 Å². The molecule has 0 aliphatic heterocycles. The van der Waals surface area contributed by atoms with Crippen LogP contribution in [0.4, 0.5) is 11.4 Å². The highest BCUT2D eigenvalue weighted by Crippen LogP contribution is 2.17. The van der Waals surface area contributed by atoms with Crippen molar-refractivity contribution in [3.63, 3.8) is 0 Å². The Balaban J connectivity index is 2.75. The predicted molar refractivity (Wildman–Crippen MR) is 76.1 cm³/mol. The zero-order valence-electron chi connectivity index (χ0n) is 11.2. The summed E-state index contributed by atoms with van der Waals surface area (Å²) in [6, 6.07) is 7.00. The largest absolute Gasteiger partial charge is 0.398 e. The van der Waals surface area contributed by atoms with Crippen molar-refractivity contribution in [2.75, 3.05) is 23.9 Å². The molecular formula is C12H18N4O2S. The van der Waals surface area contributed by atoms with E-state index >= 15 is 0 Å².